The maximum Gasteiger partial charge on any atom is 0.231 e. The van der Waals surface area contributed by atoms with Gasteiger partial charge in [0.25, 0.3) is 0 Å². The van der Waals surface area contributed by atoms with Gasteiger partial charge in [-0.2, -0.15) is 0 Å². The van der Waals surface area contributed by atoms with E-state index in [4.69, 9.17) is 14.2 Å². The Morgan fingerprint density at radius 3 is 2.72 bits per heavy atom. The number of benzene rings is 2. The summed E-state index contributed by atoms with van der Waals surface area (Å²) in [6, 6.07) is 12.7. The summed E-state index contributed by atoms with van der Waals surface area (Å²) in [5.74, 6) is 2.01. The molecule has 1 aliphatic rings. The second kappa shape index (κ2) is 7.26. The quantitative estimate of drug-likeness (QED) is 0.588. The van der Waals surface area contributed by atoms with E-state index in [1.165, 1.54) is 5.57 Å². The van der Waals surface area contributed by atoms with Gasteiger partial charge in [-0.25, -0.2) is 0 Å². The number of rotatable bonds is 5. The summed E-state index contributed by atoms with van der Waals surface area (Å²) < 4.78 is 16.7. The van der Waals surface area contributed by atoms with Gasteiger partial charge in [-0.3, -0.25) is 4.79 Å². The Hall–Kier alpha value is -3.01. The van der Waals surface area contributed by atoms with Crippen LogP contribution in [0, 0.1) is 0 Å². The van der Waals surface area contributed by atoms with Crippen LogP contribution in [0.2, 0.25) is 0 Å². The molecule has 0 aliphatic carbocycles. The fourth-order valence-corrected chi connectivity index (χ4v) is 2.46. The minimum atomic E-state index is -0.142. The van der Waals surface area contributed by atoms with Gasteiger partial charge in [-0.15, -0.1) is 0 Å². The Bertz CT molecular complexity index is 858. The molecule has 0 radical (unpaired) electrons. The van der Waals surface area contributed by atoms with Crippen molar-refractivity contribution in [3.8, 4) is 17.2 Å². The van der Waals surface area contributed by atoms with Gasteiger partial charge in [0.2, 0.25) is 5.78 Å². The van der Waals surface area contributed by atoms with E-state index < -0.39 is 0 Å². The molecule has 25 heavy (non-hydrogen) atoms. The van der Waals surface area contributed by atoms with Crippen LogP contribution in [0.4, 0.5) is 0 Å². The number of hydrogen-bond acceptors (Lipinski definition) is 4. The summed E-state index contributed by atoms with van der Waals surface area (Å²) in [7, 11) is 1.58. The first-order valence-electron chi connectivity index (χ1n) is 8.06. The van der Waals surface area contributed by atoms with Crippen LogP contribution in [0.5, 0.6) is 17.2 Å². The third-order valence-electron chi connectivity index (χ3n) is 3.81. The van der Waals surface area contributed by atoms with E-state index in [1.54, 1.807) is 31.4 Å². The predicted molar refractivity (Wildman–Crippen MR) is 97.3 cm³/mol. The maximum absolute atomic E-state index is 12.5. The lowest BCUT2D eigenvalue weighted by Crippen LogP contribution is -2.00. The van der Waals surface area contributed by atoms with E-state index in [0.29, 0.717) is 29.4 Å². The highest BCUT2D eigenvalue weighted by Gasteiger charge is 2.27. The average Bonchev–Trinajstić information content (AvgIpc) is 2.91. The molecule has 0 aromatic heterocycles. The van der Waals surface area contributed by atoms with Crippen LogP contribution in [-0.4, -0.2) is 19.5 Å². The summed E-state index contributed by atoms with van der Waals surface area (Å²) in [6.07, 6.45) is 3.72. The molecule has 2 aromatic carbocycles. The molecule has 0 atom stereocenters. The van der Waals surface area contributed by atoms with Gasteiger partial charge in [0.15, 0.2) is 5.76 Å². The first-order chi connectivity index (χ1) is 12.1. The molecule has 4 heteroatoms. The summed E-state index contributed by atoms with van der Waals surface area (Å²) >= 11 is 0. The van der Waals surface area contributed by atoms with Gasteiger partial charge in [0, 0.05) is 11.6 Å². The van der Waals surface area contributed by atoms with E-state index >= 15 is 0 Å². The van der Waals surface area contributed by atoms with Crippen molar-refractivity contribution in [1.82, 2.24) is 0 Å². The van der Waals surface area contributed by atoms with Gasteiger partial charge in [-0.1, -0.05) is 23.8 Å². The number of hydrogen-bond donors (Lipinski definition) is 0. The number of allylic oxidation sites excluding steroid dienone is 2. The Kier molecular flexibility index (Phi) is 4.89. The van der Waals surface area contributed by atoms with E-state index in [9.17, 15) is 4.79 Å². The normalized spacial score (nSPS) is 14.0. The zero-order valence-electron chi connectivity index (χ0n) is 14.5. The lowest BCUT2D eigenvalue weighted by atomic mass is 10.1. The number of carbonyl (C=O) groups is 1. The zero-order chi connectivity index (χ0) is 17.8. The minimum Gasteiger partial charge on any atom is -0.497 e. The number of fused-ring (bicyclic) bond motifs is 1. The molecule has 0 amide bonds. The summed E-state index contributed by atoms with van der Waals surface area (Å²) in [6.45, 7) is 4.52. The van der Waals surface area contributed by atoms with Crippen molar-refractivity contribution < 1.29 is 19.0 Å². The third-order valence-corrected chi connectivity index (χ3v) is 3.81. The van der Waals surface area contributed by atoms with Crippen LogP contribution in [0.25, 0.3) is 6.08 Å². The summed E-state index contributed by atoms with van der Waals surface area (Å²) in [4.78, 5) is 12.5. The average molecular weight is 336 g/mol. The SMILES string of the molecule is COc1ccc2c(c1)O/C(=C\c1ccccc1OCC=C(C)C)C2=O. The maximum atomic E-state index is 12.5. The van der Waals surface area contributed by atoms with Gasteiger partial charge < -0.3 is 14.2 Å². The highest BCUT2D eigenvalue weighted by Crippen LogP contribution is 2.35. The second-order valence-electron chi connectivity index (χ2n) is 5.93. The van der Waals surface area contributed by atoms with E-state index in [2.05, 4.69) is 0 Å². The van der Waals surface area contributed by atoms with Crippen molar-refractivity contribution >= 4 is 11.9 Å². The molecule has 0 saturated carbocycles. The molecule has 4 nitrogen and oxygen atoms in total. The molecular formula is C21H20O4. The number of carbonyl (C=O) groups excluding carboxylic acids is 1. The monoisotopic (exact) mass is 336 g/mol. The first-order valence-corrected chi connectivity index (χ1v) is 8.06. The van der Waals surface area contributed by atoms with Crippen molar-refractivity contribution in [1.29, 1.82) is 0 Å². The van der Waals surface area contributed by atoms with Crippen LogP contribution in [0.15, 0.2) is 59.9 Å². The van der Waals surface area contributed by atoms with Crippen molar-refractivity contribution in [2.75, 3.05) is 13.7 Å². The molecule has 1 heterocycles. The van der Waals surface area contributed by atoms with Gasteiger partial charge >= 0.3 is 0 Å². The molecule has 0 bridgehead atoms. The number of ketones is 1. The van der Waals surface area contributed by atoms with Crippen LogP contribution in [0.3, 0.4) is 0 Å². The molecule has 1 aliphatic heterocycles. The molecule has 0 spiro atoms. The van der Waals surface area contributed by atoms with Gasteiger partial charge in [0.1, 0.15) is 23.9 Å². The van der Waals surface area contributed by atoms with Crippen molar-refractivity contribution in [2.45, 2.75) is 13.8 Å². The van der Waals surface area contributed by atoms with Crippen molar-refractivity contribution in [2.24, 2.45) is 0 Å². The molecule has 2 aromatic rings. The van der Waals surface area contributed by atoms with Crippen LogP contribution >= 0.6 is 0 Å². The van der Waals surface area contributed by atoms with E-state index in [-0.39, 0.29) is 11.5 Å². The topological polar surface area (TPSA) is 44.8 Å². The standard InChI is InChI=1S/C21H20O4/c1-14(2)10-11-24-18-7-5-4-6-15(18)12-20-21(22)17-9-8-16(23-3)13-19(17)25-20/h4-10,12-13H,11H2,1-3H3/b20-12-. The Labute approximate surface area is 147 Å². The predicted octanol–water partition coefficient (Wildman–Crippen LogP) is 4.66. The molecule has 0 unspecified atom stereocenters. The zero-order valence-corrected chi connectivity index (χ0v) is 14.5. The highest BCUT2D eigenvalue weighted by molar-refractivity contribution is 6.14. The molecule has 0 N–H and O–H groups in total. The Morgan fingerprint density at radius 1 is 1.16 bits per heavy atom. The van der Waals surface area contributed by atoms with Gasteiger partial charge in [0.05, 0.1) is 12.7 Å². The van der Waals surface area contributed by atoms with E-state index in [1.807, 2.05) is 44.2 Å². The minimum absolute atomic E-state index is 0.142. The van der Waals surface area contributed by atoms with Crippen LogP contribution < -0.4 is 14.2 Å². The fourth-order valence-electron chi connectivity index (χ4n) is 2.46. The highest BCUT2D eigenvalue weighted by atomic mass is 16.5. The Balaban J connectivity index is 1.87. The molecule has 0 fully saturated rings. The summed E-state index contributed by atoms with van der Waals surface area (Å²) in [5, 5.41) is 0. The lowest BCUT2D eigenvalue weighted by Gasteiger charge is -2.08. The van der Waals surface area contributed by atoms with Crippen molar-refractivity contribution in [3.63, 3.8) is 0 Å². The largest absolute Gasteiger partial charge is 0.497 e. The van der Waals surface area contributed by atoms with E-state index in [0.717, 1.165) is 5.56 Å². The smallest absolute Gasteiger partial charge is 0.231 e. The molecule has 3 rings (SSSR count). The molecule has 128 valence electrons. The number of methoxy groups -OCH3 is 1. The van der Waals surface area contributed by atoms with Crippen LogP contribution in [0.1, 0.15) is 29.8 Å². The lowest BCUT2D eigenvalue weighted by molar-refractivity contribution is 0.101. The second-order valence-corrected chi connectivity index (χ2v) is 5.93. The first kappa shape index (κ1) is 16.8. The Morgan fingerprint density at radius 2 is 1.96 bits per heavy atom. The molecule has 0 saturated heterocycles. The number of Topliss-reactive ketones (excluding diaryl/α,β-unsaturated/α-hetero) is 1. The molecular weight excluding hydrogens is 316 g/mol. The number of para-hydroxylation sites is 1. The van der Waals surface area contributed by atoms with Gasteiger partial charge in [-0.05, 0) is 44.2 Å². The number of ether oxygens (including phenoxy) is 3. The van der Waals surface area contributed by atoms with Crippen molar-refractivity contribution in [3.05, 3.63) is 71.0 Å². The summed E-state index contributed by atoms with van der Waals surface area (Å²) in [5.41, 5.74) is 2.53. The third kappa shape index (κ3) is 3.74. The fraction of sp³-hybridized carbons (Fsp3) is 0.190. The van der Waals surface area contributed by atoms with Crippen LogP contribution in [-0.2, 0) is 0 Å².